The molecule has 14 aromatic rings. The summed E-state index contributed by atoms with van der Waals surface area (Å²) in [6.07, 6.45) is 0. The molecule has 0 spiro atoms. The Labute approximate surface area is 373 Å². The van der Waals surface area contributed by atoms with E-state index < -0.39 is 0 Å². The molecule has 0 unspecified atom stereocenters. The number of hydrogen-bond donors (Lipinski definition) is 0. The summed E-state index contributed by atoms with van der Waals surface area (Å²) in [4.78, 5) is 15.5. The van der Waals surface area contributed by atoms with E-state index in [0.29, 0.717) is 17.5 Å². The van der Waals surface area contributed by atoms with Gasteiger partial charge in [0.1, 0.15) is 22.3 Å². The highest BCUT2D eigenvalue weighted by Crippen LogP contribution is 2.47. The Morgan fingerprint density at radius 1 is 0.312 bits per heavy atom. The quantitative estimate of drug-likeness (QED) is 0.173. The van der Waals surface area contributed by atoms with Crippen LogP contribution in [0.5, 0.6) is 0 Å². The Hall–Kier alpha value is -7.97. The van der Waals surface area contributed by atoms with Crippen molar-refractivity contribution in [2.45, 2.75) is 0 Å². The van der Waals surface area contributed by atoms with E-state index in [1.54, 1.807) is 0 Å². The van der Waals surface area contributed by atoms with Gasteiger partial charge in [0.15, 0.2) is 17.5 Å². The zero-order chi connectivity index (χ0) is 41.9. The minimum Gasteiger partial charge on any atom is -0.456 e. The standard InChI is InChI=1S/C57H31N3O2S2/c1-2-12-32(13-3-1)55-58-56(60-57(59-55)43-19-10-17-40-37-14-4-7-20-45(37)62-53(40)43)42-18-11-21-47-51(42)44-30-33(25-29-46(44)61-47)35-27-28-36(54-52(35)41-16-6-9-23-49(41)64-54)34-24-26-39-38-15-5-8-22-48(38)63-50(39)31-34/h1-31H. The van der Waals surface area contributed by atoms with Crippen molar-refractivity contribution in [1.29, 1.82) is 0 Å². The third kappa shape index (κ3) is 5.38. The molecule has 0 radical (unpaired) electrons. The molecule has 0 fully saturated rings. The molecule has 0 bridgehead atoms. The summed E-state index contributed by atoms with van der Waals surface area (Å²) in [5.74, 6) is 1.68. The summed E-state index contributed by atoms with van der Waals surface area (Å²) in [6, 6.07) is 66.1. The average Bonchev–Trinajstić information content (AvgIpc) is 4.13. The molecule has 7 heteroatoms. The Balaban J connectivity index is 0.967. The average molecular weight is 854 g/mol. The molecule has 0 aliphatic heterocycles. The molecule has 9 aromatic carbocycles. The van der Waals surface area contributed by atoms with E-state index in [4.69, 9.17) is 23.8 Å². The molecule has 5 nitrogen and oxygen atoms in total. The van der Waals surface area contributed by atoms with Gasteiger partial charge in [0.05, 0.1) is 5.56 Å². The number of furan rings is 2. The molecule has 5 heterocycles. The molecule has 0 saturated carbocycles. The van der Waals surface area contributed by atoms with Crippen LogP contribution in [0.1, 0.15) is 0 Å². The van der Waals surface area contributed by atoms with Crippen LogP contribution in [0.2, 0.25) is 0 Å². The van der Waals surface area contributed by atoms with Crippen molar-refractivity contribution < 1.29 is 8.83 Å². The maximum atomic E-state index is 6.62. The lowest BCUT2D eigenvalue weighted by Gasteiger charge is -2.11. The number of aromatic nitrogens is 3. The summed E-state index contributed by atoms with van der Waals surface area (Å²) in [6.45, 7) is 0. The smallest absolute Gasteiger partial charge is 0.167 e. The number of nitrogens with zero attached hydrogens (tertiary/aromatic N) is 3. The van der Waals surface area contributed by atoms with E-state index in [2.05, 4.69) is 115 Å². The van der Waals surface area contributed by atoms with E-state index in [0.717, 1.165) is 66.1 Å². The van der Waals surface area contributed by atoms with Crippen molar-refractivity contribution in [1.82, 2.24) is 15.0 Å². The highest BCUT2D eigenvalue weighted by Gasteiger charge is 2.22. The van der Waals surface area contributed by atoms with Gasteiger partial charge in [-0.05, 0) is 70.8 Å². The highest BCUT2D eigenvalue weighted by atomic mass is 32.1. The van der Waals surface area contributed by atoms with Gasteiger partial charge < -0.3 is 8.83 Å². The maximum Gasteiger partial charge on any atom is 0.167 e. The first kappa shape index (κ1) is 35.6. The summed E-state index contributed by atoms with van der Waals surface area (Å²) < 4.78 is 18.3. The van der Waals surface area contributed by atoms with Crippen LogP contribution in [0.4, 0.5) is 0 Å². The predicted octanol–water partition coefficient (Wildman–Crippen LogP) is 16.7. The summed E-state index contributed by atoms with van der Waals surface area (Å²) in [5, 5.41) is 9.16. The third-order valence-electron chi connectivity index (χ3n) is 12.6. The van der Waals surface area contributed by atoms with Crippen molar-refractivity contribution in [3.05, 3.63) is 188 Å². The lowest BCUT2D eigenvalue weighted by molar-refractivity contribution is 0.668. The number of hydrogen-bond acceptors (Lipinski definition) is 7. The zero-order valence-electron chi connectivity index (χ0n) is 33.9. The molecule has 0 atom stereocenters. The number of para-hydroxylation sites is 2. The van der Waals surface area contributed by atoms with Crippen LogP contribution >= 0.6 is 22.7 Å². The van der Waals surface area contributed by atoms with E-state index in [1.807, 2.05) is 95.5 Å². The van der Waals surface area contributed by atoms with E-state index in [1.165, 1.54) is 57.0 Å². The lowest BCUT2D eigenvalue weighted by Crippen LogP contribution is -2.00. The molecular weight excluding hydrogens is 823 g/mol. The van der Waals surface area contributed by atoms with Crippen molar-refractivity contribution in [2.24, 2.45) is 0 Å². The minimum atomic E-state index is 0.539. The Morgan fingerprint density at radius 2 is 0.938 bits per heavy atom. The monoisotopic (exact) mass is 853 g/mol. The normalized spacial score (nSPS) is 12.1. The molecular formula is C57H31N3O2S2. The summed E-state index contributed by atoms with van der Waals surface area (Å²) >= 11 is 3.73. The van der Waals surface area contributed by atoms with E-state index >= 15 is 0 Å². The van der Waals surface area contributed by atoms with Crippen molar-refractivity contribution in [2.75, 3.05) is 0 Å². The predicted molar refractivity (Wildman–Crippen MR) is 267 cm³/mol. The van der Waals surface area contributed by atoms with E-state index in [9.17, 15) is 0 Å². The Kier molecular flexibility index (Phi) is 7.66. The van der Waals surface area contributed by atoms with Crippen LogP contribution in [0.3, 0.4) is 0 Å². The maximum absolute atomic E-state index is 6.62. The van der Waals surface area contributed by atoms with Crippen LogP contribution in [0.25, 0.3) is 141 Å². The van der Waals surface area contributed by atoms with Gasteiger partial charge in [0.2, 0.25) is 0 Å². The Bertz CT molecular complexity index is 4220. The number of thiophene rings is 2. The molecule has 5 aromatic heterocycles. The lowest BCUT2D eigenvalue weighted by atomic mass is 9.93. The van der Waals surface area contributed by atoms with E-state index in [-0.39, 0.29) is 0 Å². The van der Waals surface area contributed by atoms with Gasteiger partial charge in [0.25, 0.3) is 0 Å². The van der Waals surface area contributed by atoms with Gasteiger partial charge in [-0.2, -0.15) is 0 Å². The summed E-state index contributed by atoms with van der Waals surface area (Å²) in [7, 11) is 0. The van der Waals surface area contributed by atoms with Crippen molar-refractivity contribution in [3.8, 4) is 56.4 Å². The fraction of sp³-hybridized carbons (Fsp3) is 0. The second kappa shape index (κ2) is 13.8. The van der Waals surface area contributed by atoms with Crippen LogP contribution < -0.4 is 0 Å². The first-order chi connectivity index (χ1) is 31.7. The fourth-order valence-electron chi connectivity index (χ4n) is 9.63. The molecule has 0 N–H and O–H groups in total. The SMILES string of the molecule is c1ccc(-c2nc(-c3cccc4c3oc3ccccc34)nc(-c3cccc4oc5ccc(-c6ccc(-c7ccc8c(c7)sc7ccccc78)c7sc8ccccc8c67)cc5c34)n2)cc1. The molecule has 64 heavy (non-hydrogen) atoms. The number of fused-ring (bicyclic) bond motifs is 12. The van der Waals surface area contributed by atoms with Crippen LogP contribution in [0, 0.1) is 0 Å². The van der Waals surface area contributed by atoms with Gasteiger partial charge >= 0.3 is 0 Å². The topological polar surface area (TPSA) is 65.0 Å². The van der Waals surface area contributed by atoms with Gasteiger partial charge in [-0.25, -0.2) is 15.0 Å². The molecule has 0 amide bonds. The van der Waals surface area contributed by atoms with Crippen molar-refractivity contribution in [3.63, 3.8) is 0 Å². The van der Waals surface area contributed by atoms with Gasteiger partial charge in [-0.3, -0.25) is 0 Å². The fourth-order valence-corrected chi connectivity index (χ4v) is 12.0. The molecule has 0 saturated heterocycles. The number of benzene rings is 9. The highest BCUT2D eigenvalue weighted by molar-refractivity contribution is 7.26. The molecule has 0 aliphatic carbocycles. The zero-order valence-corrected chi connectivity index (χ0v) is 35.5. The third-order valence-corrected chi connectivity index (χ3v) is 14.9. The first-order valence-corrected chi connectivity index (χ1v) is 22.9. The second-order valence-corrected chi connectivity index (χ2v) is 18.4. The van der Waals surface area contributed by atoms with Crippen molar-refractivity contribution >= 4 is 107 Å². The second-order valence-electron chi connectivity index (χ2n) is 16.2. The van der Waals surface area contributed by atoms with Gasteiger partial charge in [-0.15, -0.1) is 22.7 Å². The van der Waals surface area contributed by atoms with Gasteiger partial charge in [-0.1, -0.05) is 140 Å². The summed E-state index contributed by atoms with van der Waals surface area (Å²) in [5.41, 5.74) is 10.5. The molecule has 0 aliphatic rings. The van der Waals surface area contributed by atoms with Crippen LogP contribution in [-0.4, -0.2) is 15.0 Å². The largest absolute Gasteiger partial charge is 0.456 e. The van der Waals surface area contributed by atoms with Crippen LogP contribution in [-0.2, 0) is 0 Å². The number of rotatable bonds is 5. The van der Waals surface area contributed by atoms with Gasteiger partial charge in [0, 0.05) is 73.0 Å². The molecule has 298 valence electrons. The first-order valence-electron chi connectivity index (χ1n) is 21.2. The van der Waals surface area contributed by atoms with Crippen LogP contribution in [0.15, 0.2) is 197 Å². The minimum absolute atomic E-state index is 0.539. The molecule has 14 rings (SSSR count). The Morgan fingerprint density at radius 3 is 1.83 bits per heavy atom.